The van der Waals surface area contributed by atoms with Gasteiger partial charge in [0, 0.05) is 5.56 Å². The Balaban J connectivity index is 2.08. The Bertz CT molecular complexity index is 666. The van der Waals surface area contributed by atoms with Crippen LogP contribution in [-0.4, -0.2) is 27.6 Å². The number of carbonyl (C=O) groups excluding carboxylic acids is 1. The van der Waals surface area contributed by atoms with Gasteiger partial charge >= 0.3 is 5.91 Å². The average molecular weight is 268 g/mol. The maximum Gasteiger partial charge on any atom is 0.314 e. The van der Waals surface area contributed by atoms with Gasteiger partial charge in [-0.05, 0) is 12.1 Å². The third-order valence-electron chi connectivity index (χ3n) is 3.07. The lowest BCUT2D eigenvalue weighted by Crippen LogP contribution is -2.46. The van der Waals surface area contributed by atoms with Crippen LogP contribution in [0.1, 0.15) is 5.56 Å². The summed E-state index contributed by atoms with van der Waals surface area (Å²) in [4.78, 5) is 12.1. The number of hydrogen-bond acceptors (Lipinski definition) is 4. The summed E-state index contributed by atoms with van der Waals surface area (Å²) >= 11 is 0. The molecule has 1 amide bonds. The maximum absolute atomic E-state index is 12.1. The monoisotopic (exact) mass is 268 g/mol. The molecule has 5 heteroatoms. The molecule has 0 atom stereocenters. The largest absolute Gasteiger partial charge is 0.353 e. The van der Waals surface area contributed by atoms with E-state index in [9.17, 15) is 15.0 Å². The molecule has 0 fully saturated rings. The number of nitrogens with zero attached hydrogens (tertiary/aromatic N) is 2. The molecular formula is C15H12N2O3. The molecule has 0 aliphatic carbocycles. The SMILES string of the molecule is O=C1N(c2ccccc2)N=C(c2ccccc2)C1(O)O. The van der Waals surface area contributed by atoms with E-state index < -0.39 is 11.7 Å². The molecule has 0 aromatic heterocycles. The highest BCUT2D eigenvalue weighted by Gasteiger charge is 2.49. The summed E-state index contributed by atoms with van der Waals surface area (Å²) in [5, 5.41) is 25.1. The molecule has 2 aromatic carbocycles. The number of hydrogen-bond donors (Lipinski definition) is 2. The molecule has 5 nitrogen and oxygen atoms in total. The van der Waals surface area contributed by atoms with E-state index in [-0.39, 0.29) is 5.71 Å². The van der Waals surface area contributed by atoms with E-state index in [4.69, 9.17) is 0 Å². The summed E-state index contributed by atoms with van der Waals surface area (Å²) in [6, 6.07) is 17.3. The molecule has 2 aromatic rings. The molecule has 0 saturated carbocycles. The van der Waals surface area contributed by atoms with E-state index in [0.29, 0.717) is 11.3 Å². The summed E-state index contributed by atoms with van der Waals surface area (Å²) in [7, 11) is 0. The van der Waals surface area contributed by atoms with Crippen molar-refractivity contribution in [3.05, 3.63) is 66.2 Å². The minimum Gasteiger partial charge on any atom is -0.353 e. The number of anilines is 1. The fourth-order valence-electron chi connectivity index (χ4n) is 2.06. The smallest absolute Gasteiger partial charge is 0.314 e. The number of rotatable bonds is 2. The lowest BCUT2D eigenvalue weighted by atomic mass is 10.0. The van der Waals surface area contributed by atoms with Crippen molar-refractivity contribution in [3.63, 3.8) is 0 Å². The third kappa shape index (κ3) is 1.89. The highest BCUT2D eigenvalue weighted by molar-refractivity contribution is 6.25. The maximum atomic E-state index is 12.1. The third-order valence-corrected chi connectivity index (χ3v) is 3.07. The number of amides is 1. The zero-order valence-electron chi connectivity index (χ0n) is 10.5. The first-order valence-electron chi connectivity index (χ1n) is 6.09. The Morgan fingerprint density at radius 3 is 2.05 bits per heavy atom. The minimum absolute atomic E-state index is 0.0769. The molecule has 100 valence electrons. The van der Waals surface area contributed by atoms with Gasteiger partial charge in [0.15, 0.2) is 0 Å². The Morgan fingerprint density at radius 1 is 0.900 bits per heavy atom. The summed E-state index contributed by atoms with van der Waals surface area (Å²) in [5.74, 6) is -3.50. The van der Waals surface area contributed by atoms with E-state index >= 15 is 0 Å². The van der Waals surface area contributed by atoms with Gasteiger partial charge in [-0.3, -0.25) is 4.79 Å². The zero-order valence-corrected chi connectivity index (χ0v) is 10.5. The average Bonchev–Trinajstić information content (AvgIpc) is 2.72. The Kier molecular flexibility index (Phi) is 2.85. The van der Waals surface area contributed by atoms with E-state index in [0.717, 1.165) is 5.01 Å². The number of aliphatic hydroxyl groups is 2. The van der Waals surface area contributed by atoms with Crippen molar-refractivity contribution in [3.8, 4) is 0 Å². The summed E-state index contributed by atoms with van der Waals surface area (Å²) in [6.07, 6.45) is 0. The summed E-state index contributed by atoms with van der Waals surface area (Å²) in [5.41, 5.74) is 0.896. The van der Waals surface area contributed by atoms with Crippen molar-refractivity contribution < 1.29 is 15.0 Å². The second-order valence-electron chi connectivity index (χ2n) is 4.44. The molecule has 1 aliphatic heterocycles. The van der Waals surface area contributed by atoms with Gasteiger partial charge in [0.25, 0.3) is 5.79 Å². The van der Waals surface area contributed by atoms with Crippen LogP contribution in [0.15, 0.2) is 65.8 Å². The number of hydrazone groups is 1. The molecule has 0 bridgehead atoms. The van der Waals surface area contributed by atoms with Crippen LogP contribution in [0.3, 0.4) is 0 Å². The number of benzene rings is 2. The second-order valence-corrected chi connectivity index (χ2v) is 4.44. The quantitative estimate of drug-likeness (QED) is 0.802. The van der Waals surface area contributed by atoms with Crippen molar-refractivity contribution >= 4 is 17.3 Å². The highest BCUT2D eigenvalue weighted by Crippen LogP contribution is 2.27. The summed E-state index contributed by atoms with van der Waals surface area (Å²) < 4.78 is 0. The second kappa shape index (κ2) is 4.56. The van der Waals surface area contributed by atoms with Crippen LogP contribution in [0.25, 0.3) is 0 Å². The van der Waals surface area contributed by atoms with Gasteiger partial charge in [0.1, 0.15) is 5.71 Å². The zero-order chi connectivity index (χ0) is 14.2. The van der Waals surface area contributed by atoms with Crippen molar-refractivity contribution in [2.24, 2.45) is 5.10 Å². The number of para-hydroxylation sites is 1. The van der Waals surface area contributed by atoms with Crippen LogP contribution in [0.4, 0.5) is 5.69 Å². The van der Waals surface area contributed by atoms with Gasteiger partial charge in [-0.1, -0.05) is 48.5 Å². The normalized spacial score (nSPS) is 17.2. The Labute approximate surface area is 115 Å². The van der Waals surface area contributed by atoms with Gasteiger partial charge in [0.05, 0.1) is 5.69 Å². The van der Waals surface area contributed by atoms with Gasteiger partial charge in [0.2, 0.25) is 0 Å². The molecule has 0 saturated heterocycles. The first-order chi connectivity index (χ1) is 9.60. The fourth-order valence-corrected chi connectivity index (χ4v) is 2.06. The van der Waals surface area contributed by atoms with E-state index in [1.54, 1.807) is 60.7 Å². The fraction of sp³-hybridized carbons (Fsp3) is 0.0667. The van der Waals surface area contributed by atoms with Crippen molar-refractivity contribution in [2.75, 3.05) is 5.01 Å². The molecular weight excluding hydrogens is 256 g/mol. The van der Waals surface area contributed by atoms with Gasteiger partial charge in [-0.2, -0.15) is 10.1 Å². The standard InChI is InChI=1S/C15H12N2O3/c18-14-15(19,20)13(11-7-3-1-4-8-11)16-17(14)12-9-5-2-6-10-12/h1-10,19-20H. The Hall–Kier alpha value is -2.50. The van der Waals surface area contributed by atoms with Crippen LogP contribution in [0, 0.1) is 0 Å². The van der Waals surface area contributed by atoms with Crippen molar-refractivity contribution in [1.82, 2.24) is 0 Å². The van der Waals surface area contributed by atoms with E-state index in [1.165, 1.54) is 0 Å². The molecule has 1 heterocycles. The number of carbonyl (C=O) groups is 1. The molecule has 2 N–H and O–H groups in total. The molecule has 0 radical (unpaired) electrons. The van der Waals surface area contributed by atoms with Crippen LogP contribution in [-0.2, 0) is 4.79 Å². The van der Waals surface area contributed by atoms with Gasteiger partial charge in [-0.15, -0.1) is 0 Å². The van der Waals surface area contributed by atoms with Crippen molar-refractivity contribution in [2.45, 2.75) is 5.79 Å². The Morgan fingerprint density at radius 2 is 1.45 bits per heavy atom. The molecule has 1 aliphatic rings. The van der Waals surface area contributed by atoms with Crippen LogP contribution in [0.5, 0.6) is 0 Å². The van der Waals surface area contributed by atoms with Crippen molar-refractivity contribution in [1.29, 1.82) is 0 Å². The van der Waals surface area contributed by atoms with E-state index in [2.05, 4.69) is 5.10 Å². The van der Waals surface area contributed by atoms with Crippen LogP contribution in [0.2, 0.25) is 0 Å². The predicted molar refractivity (Wildman–Crippen MR) is 74.1 cm³/mol. The van der Waals surface area contributed by atoms with Crippen LogP contribution < -0.4 is 5.01 Å². The topological polar surface area (TPSA) is 73.1 Å². The van der Waals surface area contributed by atoms with E-state index in [1.807, 2.05) is 0 Å². The molecule has 0 unspecified atom stereocenters. The minimum atomic E-state index is -2.61. The predicted octanol–water partition coefficient (Wildman–Crippen LogP) is 1.12. The molecule has 0 spiro atoms. The van der Waals surface area contributed by atoms with Crippen LogP contribution >= 0.6 is 0 Å². The van der Waals surface area contributed by atoms with Gasteiger partial charge < -0.3 is 10.2 Å². The van der Waals surface area contributed by atoms with Gasteiger partial charge in [-0.25, -0.2) is 0 Å². The highest BCUT2D eigenvalue weighted by atomic mass is 16.5. The first-order valence-corrected chi connectivity index (χ1v) is 6.09. The first kappa shape index (κ1) is 12.5. The lowest BCUT2D eigenvalue weighted by molar-refractivity contribution is -0.155. The molecule has 3 rings (SSSR count). The summed E-state index contributed by atoms with van der Waals surface area (Å²) in [6.45, 7) is 0. The molecule has 20 heavy (non-hydrogen) atoms. The lowest BCUT2D eigenvalue weighted by Gasteiger charge is -2.16.